The summed E-state index contributed by atoms with van der Waals surface area (Å²) >= 11 is 0. The van der Waals surface area contributed by atoms with Crippen LogP contribution in [0.3, 0.4) is 0 Å². The fourth-order valence-corrected chi connectivity index (χ4v) is 3.14. The van der Waals surface area contributed by atoms with Crippen LogP contribution in [0.5, 0.6) is 5.75 Å². The Morgan fingerprint density at radius 2 is 1.79 bits per heavy atom. The molecule has 1 fully saturated rings. The molecule has 0 aliphatic heterocycles. The van der Waals surface area contributed by atoms with E-state index in [1.807, 2.05) is 31.2 Å². The summed E-state index contributed by atoms with van der Waals surface area (Å²) in [6.45, 7) is 5.33. The van der Waals surface area contributed by atoms with Crippen LogP contribution in [0, 0.1) is 5.92 Å². The standard InChI is InChI=1S/C20H30O4/c1-3-5-15-23-18-8-6-17(7-9-18)20(22)12-10-16(11-13-20)19(21)24-14-4-2/h6-9,16,22H,3-5,10-15H2,1-2H3. The van der Waals surface area contributed by atoms with Crippen LogP contribution < -0.4 is 4.74 Å². The fraction of sp³-hybridized carbons (Fsp3) is 0.650. The van der Waals surface area contributed by atoms with Crippen molar-refractivity contribution in [3.8, 4) is 5.75 Å². The van der Waals surface area contributed by atoms with Gasteiger partial charge in [-0.3, -0.25) is 4.79 Å². The number of rotatable bonds is 8. The molecule has 0 bridgehead atoms. The molecule has 0 amide bonds. The molecule has 0 spiro atoms. The van der Waals surface area contributed by atoms with Crippen LogP contribution in [0.1, 0.15) is 64.4 Å². The lowest BCUT2D eigenvalue weighted by Crippen LogP contribution is -2.34. The zero-order valence-electron chi connectivity index (χ0n) is 14.9. The Morgan fingerprint density at radius 1 is 1.12 bits per heavy atom. The SMILES string of the molecule is CCCCOc1ccc(C2(O)CCC(C(=O)OCCC)CC2)cc1. The molecule has 2 rings (SSSR count). The Balaban J connectivity index is 1.89. The molecule has 0 atom stereocenters. The predicted molar refractivity (Wildman–Crippen MR) is 93.9 cm³/mol. The van der Waals surface area contributed by atoms with E-state index in [-0.39, 0.29) is 11.9 Å². The largest absolute Gasteiger partial charge is 0.494 e. The van der Waals surface area contributed by atoms with Gasteiger partial charge in [-0.25, -0.2) is 0 Å². The molecule has 0 radical (unpaired) electrons. The summed E-state index contributed by atoms with van der Waals surface area (Å²) in [6, 6.07) is 7.73. The molecule has 24 heavy (non-hydrogen) atoms. The van der Waals surface area contributed by atoms with Gasteiger partial charge in [0, 0.05) is 0 Å². The van der Waals surface area contributed by atoms with Crippen molar-refractivity contribution in [1.29, 1.82) is 0 Å². The van der Waals surface area contributed by atoms with E-state index in [9.17, 15) is 9.90 Å². The van der Waals surface area contributed by atoms with Gasteiger partial charge in [0.25, 0.3) is 0 Å². The lowest BCUT2D eigenvalue weighted by molar-refractivity contribution is -0.151. The lowest BCUT2D eigenvalue weighted by Gasteiger charge is -2.35. The first kappa shape index (κ1) is 18.8. The number of esters is 1. The van der Waals surface area contributed by atoms with Crippen molar-refractivity contribution >= 4 is 5.97 Å². The number of carbonyl (C=O) groups excluding carboxylic acids is 1. The molecule has 4 heteroatoms. The van der Waals surface area contributed by atoms with Gasteiger partial charge < -0.3 is 14.6 Å². The lowest BCUT2D eigenvalue weighted by atomic mass is 9.75. The zero-order chi connectivity index (χ0) is 17.4. The first-order valence-electron chi connectivity index (χ1n) is 9.21. The summed E-state index contributed by atoms with van der Waals surface area (Å²) in [5.74, 6) is 0.652. The molecule has 0 saturated heterocycles. The summed E-state index contributed by atoms with van der Waals surface area (Å²) in [4.78, 5) is 12.0. The van der Waals surface area contributed by atoms with Crippen LogP contribution in [0.25, 0.3) is 0 Å². The second kappa shape index (κ2) is 9.07. The van der Waals surface area contributed by atoms with Crippen molar-refractivity contribution in [3.63, 3.8) is 0 Å². The van der Waals surface area contributed by atoms with E-state index < -0.39 is 5.60 Å². The van der Waals surface area contributed by atoms with Gasteiger partial charge in [0.05, 0.1) is 24.7 Å². The highest BCUT2D eigenvalue weighted by molar-refractivity contribution is 5.72. The molecular formula is C20H30O4. The van der Waals surface area contributed by atoms with Gasteiger partial charge in [-0.2, -0.15) is 0 Å². The first-order chi connectivity index (χ1) is 11.6. The zero-order valence-corrected chi connectivity index (χ0v) is 14.9. The molecule has 1 aliphatic rings. The smallest absolute Gasteiger partial charge is 0.308 e. The Kier molecular flexibility index (Phi) is 7.10. The molecule has 0 heterocycles. The third kappa shape index (κ3) is 4.97. The van der Waals surface area contributed by atoms with Crippen molar-refractivity contribution in [2.24, 2.45) is 5.92 Å². The number of unbranched alkanes of at least 4 members (excludes halogenated alkanes) is 1. The van der Waals surface area contributed by atoms with Crippen LogP contribution >= 0.6 is 0 Å². The predicted octanol–water partition coefficient (Wildman–Crippen LogP) is 4.20. The Morgan fingerprint density at radius 3 is 2.38 bits per heavy atom. The number of benzene rings is 1. The van der Waals surface area contributed by atoms with E-state index in [0.29, 0.717) is 32.3 Å². The van der Waals surface area contributed by atoms with Crippen molar-refractivity contribution in [3.05, 3.63) is 29.8 Å². The quantitative estimate of drug-likeness (QED) is 0.572. The van der Waals surface area contributed by atoms with E-state index in [1.165, 1.54) is 0 Å². The Labute approximate surface area is 145 Å². The molecular weight excluding hydrogens is 304 g/mol. The van der Waals surface area contributed by atoms with E-state index in [1.54, 1.807) is 0 Å². The van der Waals surface area contributed by atoms with Gasteiger partial charge in [0.2, 0.25) is 0 Å². The van der Waals surface area contributed by atoms with Gasteiger partial charge >= 0.3 is 5.97 Å². The van der Waals surface area contributed by atoms with Gasteiger partial charge in [-0.15, -0.1) is 0 Å². The van der Waals surface area contributed by atoms with Crippen LogP contribution in [-0.4, -0.2) is 24.3 Å². The van der Waals surface area contributed by atoms with E-state index >= 15 is 0 Å². The Hall–Kier alpha value is -1.55. The molecule has 1 aromatic rings. The highest BCUT2D eigenvalue weighted by Crippen LogP contribution is 2.40. The minimum absolute atomic E-state index is 0.0755. The minimum atomic E-state index is -0.844. The average molecular weight is 334 g/mol. The van der Waals surface area contributed by atoms with Crippen LogP contribution in [-0.2, 0) is 15.1 Å². The van der Waals surface area contributed by atoms with Crippen LogP contribution in [0.2, 0.25) is 0 Å². The normalized spacial score (nSPS) is 23.7. The topological polar surface area (TPSA) is 55.8 Å². The number of carbonyl (C=O) groups is 1. The summed E-state index contributed by atoms with van der Waals surface area (Å²) in [5, 5.41) is 10.9. The molecule has 1 aliphatic carbocycles. The van der Waals surface area contributed by atoms with Crippen molar-refractivity contribution in [1.82, 2.24) is 0 Å². The molecule has 1 N–H and O–H groups in total. The molecule has 134 valence electrons. The highest BCUT2D eigenvalue weighted by atomic mass is 16.5. The fourth-order valence-electron chi connectivity index (χ4n) is 3.14. The molecule has 4 nitrogen and oxygen atoms in total. The Bertz CT molecular complexity index is 501. The van der Waals surface area contributed by atoms with Gasteiger partial charge in [0.15, 0.2) is 0 Å². The first-order valence-corrected chi connectivity index (χ1v) is 9.21. The maximum atomic E-state index is 12.0. The summed E-state index contributed by atoms with van der Waals surface area (Å²) in [5.41, 5.74) is 0.0643. The van der Waals surface area contributed by atoms with Gasteiger partial charge in [-0.1, -0.05) is 32.4 Å². The van der Waals surface area contributed by atoms with Gasteiger partial charge in [0.1, 0.15) is 5.75 Å². The van der Waals surface area contributed by atoms with Crippen molar-refractivity contribution < 1.29 is 19.4 Å². The number of ether oxygens (including phenoxy) is 2. The van der Waals surface area contributed by atoms with Crippen LogP contribution in [0.15, 0.2) is 24.3 Å². The summed E-state index contributed by atoms with van der Waals surface area (Å²) in [7, 11) is 0. The van der Waals surface area contributed by atoms with Crippen molar-refractivity contribution in [2.75, 3.05) is 13.2 Å². The summed E-state index contributed by atoms with van der Waals surface area (Å²) < 4.78 is 10.9. The number of hydrogen-bond donors (Lipinski definition) is 1. The third-order valence-corrected chi connectivity index (χ3v) is 4.75. The second-order valence-electron chi connectivity index (χ2n) is 6.70. The van der Waals surface area contributed by atoms with Crippen LogP contribution in [0.4, 0.5) is 0 Å². The monoisotopic (exact) mass is 334 g/mol. The molecule has 0 unspecified atom stereocenters. The average Bonchev–Trinajstić information content (AvgIpc) is 2.61. The maximum Gasteiger partial charge on any atom is 0.308 e. The van der Waals surface area contributed by atoms with E-state index in [4.69, 9.17) is 9.47 Å². The van der Waals surface area contributed by atoms with Gasteiger partial charge in [-0.05, 0) is 56.2 Å². The third-order valence-electron chi connectivity index (χ3n) is 4.75. The minimum Gasteiger partial charge on any atom is -0.494 e. The number of hydrogen-bond acceptors (Lipinski definition) is 4. The molecule has 0 aromatic heterocycles. The number of aliphatic hydroxyl groups is 1. The van der Waals surface area contributed by atoms with E-state index in [2.05, 4.69) is 6.92 Å². The maximum absolute atomic E-state index is 12.0. The second-order valence-corrected chi connectivity index (χ2v) is 6.70. The summed E-state index contributed by atoms with van der Waals surface area (Å²) in [6.07, 6.45) is 5.53. The van der Waals surface area contributed by atoms with Crippen molar-refractivity contribution in [2.45, 2.75) is 64.4 Å². The molecule has 1 saturated carbocycles. The highest BCUT2D eigenvalue weighted by Gasteiger charge is 2.37. The van der Waals surface area contributed by atoms with E-state index in [0.717, 1.165) is 37.2 Å². The molecule has 1 aromatic carbocycles.